The molecule has 0 aromatic heterocycles. The third-order valence-electron chi connectivity index (χ3n) is 2.67. The molecule has 104 valence electrons. The lowest BCUT2D eigenvalue weighted by Crippen LogP contribution is -2.05. The zero-order valence-corrected chi connectivity index (χ0v) is 13.7. The van der Waals surface area contributed by atoms with Gasteiger partial charge in [0, 0.05) is 11.4 Å². The van der Waals surface area contributed by atoms with Crippen molar-refractivity contribution in [1.82, 2.24) is 0 Å². The standard InChI is InChI=1S/C14H7Cl5O/c15-8-3-1-7(2-4-8)5-11(20)12-9(16)6-10(17)13(18)14(12)19/h1-4,6H,5H2. The Labute approximate surface area is 141 Å². The smallest absolute Gasteiger partial charge is 0.170 e. The van der Waals surface area contributed by atoms with Gasteiger partial charge in [0.15, 0.2) is 5.78 Å². The predicted molar refractivity (Wildman–Crippen MR) is 86.0 cm³/mol. The van der Waals surface area contributed by atoms with E-state index in [2.05, 4.69) is 0 Å². The third-order valence-corrected chi connectivity index (χ3v) is 4.48. The topological polar surface area (TPSA) is 17.1 Å². The fourth-order valence-electron chi connectivity index (χ4n) is 1.70. The second-order valence-corrected chi connectivity index (χ2v) is 6.08. The van der Waals surface area contributed by atoms with Gasteiger partial charge in [0.05, 0.1) is 25.7 Å². The Morgan fingerprint density at radius 2 is 1.45 bits per heavy atom. The first kappa shape index (κ1) is 15.9. The number of benzene rings is 2. The van der Waals surface area contributed by atoms with Gasteiger partial charge in [0.1, 0.15) is 0 Å². The summed E-state index contributed by atoms with van der Waals surface area (Å²) in [6, 6.07) is 8.36. The highest BCUT2D eigenvalue weighted by atomic mass is 35.5. The van der Waals surface area contributed by atoms with E-state index < -0.39 is 0 Å². The van der Waals surface area contributed by atoms with Gasteiger partial charge < -0.3 is 0 Å². The normalized spacial score (nSPS) is 10.7. The van der Waals surface area contributed by atoms with Crippen molar-refractivity contribution in [2.75, 3.05) is 0 Å². The molecule has 0 atom stereocenters. The molecule has 0 heterocycles. The lowest BCUT2D eigenvalue weighted by molar-refractivity contribution is 0.0993. The number of rotatable bonds is 3. The van der Waals surface area contributed by atoms with Crippen molar-refractivity contribution in [2.24, 2.45) is 0 Å². The highest BCUT2D eigenvalue weighted by molar-refractivity contribution is 6.51. The number of carbonyl (C=O) groups is 1. The molecule has 0 aliphatic rings. The Kier molecular flexibility index (Phi) is 5.22. The minimum absolute atomic E-state index is 0.0723. The number of ketones is 1. The molecule has 0 spiro atoms. The van der Waals surface area contributed by atoms with E-state index in [1.54, 1.807) is 24.3 Å². The molecule has 0 N–H and O–H groups in total. The summed E-state index contributed by atoms with van der Waals surface area (Å²) in [5.74, 6) is -0.235. The minimum Gasteiger partial charge on any atom is -0.294 e. The van der Waals surface area contributed by atoms with Crippen LogP contribution in [-0.2, 0) is 6.42 Å². The second kappa shape index (κ2) is 6.55. The van der Waals surface area contributed by atoms with Gasteiger partial charge in [-0.15, -0.1) is 0 Å². The van der Waals surface area contributed by atoms with Crippen molar-refractivity contribution in [3.8, 4) is 0 Å². The number of hydrogen-bond acceptors (Lipinski definition) is 1. The minimum atomic E-state index is -0.235. The lowest BCUT2D eigenvalue weighted by Gasteiger charge is -2.09. The highest BCUT2D eigenvalue weighted by Crippen LogP contribution is 2.38. The average molecular weight is 368 g/mol. The number of hydrogen-bond donors (Lipinski definition) is 0. The van der Waals surface area contributed by atoms with Crippen LogP contribution in [0.1, 0.15) is 15.9 Å². The van der Waals surface area contributed by atoms with Crippen molar-refractivity contribution < 1.29 is 4.79 Å². The summed E-state index contributed by atoms with van der Waals surface area (Å²) in [6.07, 6.45) is 0.147. The molecular weight excluding hydrogens is 361 g/mol. The molecule has 2 aromatic rings. The monoisotopic (exact) mass is 366 g/mol. The Balaban J connectivity index is 2.34. The van der Waals surface area contributed by atoms with Crippen LogP contribution in [0.3, 0.4) is 0 Å². The summed E-state index contributed by atoms with van der Waals surface area (Å²) in [5.41, 5.74) is 0.982. The molecule has 0 fully saturated rings. The van der Waals surface area contributed by atoms with Crippen LogP contribution in [-0.4, -0.2) is 5.78 Å². The zero-order valence-electron chi connectivity index (χ0n) is 9.89. The maximum atomic E-state index is 12.3. The molecular formula is C14H7Cl5O. The SMILES string of the molecule is O=C(Cc1ccc(Cl)cc1)c1c(Cl)cc(Cl)c(Cl)c1Cl. The van der Waals surface area contributed by atoms with Crippen molar-refractivity contribution in [3.63, 3.8) is 0 Å². The van der Waals surface area contributed by atoms with E-state index in [0.29, 0.717) is 5.02 Å². The molecule has 0 aliphatic carbocycles. The van der Waals surface area contributed by atoms with Gasteiger partial charge in [-0.3, -0.25) is 4.79 Å². The van der Waals surface area contributed by atoms with Crippen LogP contribution in [0.4, 0.5) is 0 Å². The van der Waals surface area contributed by atoms with Crippen molar-refractivity contribution in [3.05, 3.63) is 66.6 Å². The largest absolute Gasteiger partial charge is 0.294 e. The molecule has 0 unspecified atom stereocenters. The maximum absolute atomic E-state index is 12.3. The molecule has 20 heavy (non-hydrogen) atoms. The molecule has 0 bridgehead atoms. The summed E-state index contributed by atoms with van der Waals surface area (Å²) >= 11 is 29.6. The van der Waals surface area contributed by atoms with Gasteiger partial charge >= 0.3 is 0 Å². The van der Waals surface area contributed by atoms with E-state index in [-0.39, 0.29) is 37.9 Å². The second-order valence-electron chi connectivity index (χ2n) is 4.07. The Bertz CT molecular complexity index is 664. The molecule has 2 rings (SSSR count). The predicted octanol–water partition coefficient (Wildman–Crippen LogP) is 6.38. The molecule has 0 radical (unpaired) electrons. The quantitative estimate of drug-likeness (QED) is 0.349. The molecule has 0 saturated heterocycles. The van der Waals surface area contributed by atoms with Gasteiger partial charge in [0.25, 0.3) is 0 Å². The number of carbonyl (C=O) groups excluding carboxylic acids is 1. The maximum Gasteiger partial charge on any atom is 0.170 e. The molecule has 2 aromatic carbocycles. The first-order chi connectivity index (χ1) is 9.40. The van der Waals surface area contributed by atoms with E-state index in [1.165, 1.54) is 6.07 Å². The van der Waals surface area contributed by atoms with Crippen LogP contribution in [0.2, 0.25) is 25.1 Å². The van der Waals surface area contributed by atoms with Crippen LogP contribution in [0, 0.1) is 0 Å². The Morgan fingerprint density at radius 3 is 2.05 bits per heavy atom. The van der Waals surface area contributed by atoms with Crippen LogP contribution >= 0.6 is 58.0 Å². The first-order valence-corrected chi connectivity index (χ1v) is 7.39. The summed E-state index contributed by atoms with van der Waals surface area (Å²) in [4.78, 5) is 12.3. The van der Waals surface area contributed by atoms with E-state index >= 15 is 0 Å². The van der Waals surface area contributed by atoms with Crippen molar-refractivity contribution >= 4 is 63.8 Å². The van der Waals surface area contributed by atoms with Crippen molar-refractivity contribution in [2.45, 2.75) is 6.42 Å². The van der Waals surface area contributed by atoms with E-state index in [0.717, 1.165) is 5.56 Å². The van der Waals surface area contributed by atoms with Gasteiger partial charge in [-0.05, 0) is 23.8 Å². The van der Waals surface area contributed by atoms with Crippen LogP contribution in [0.15, 0.2) is 30.3 Å². The highest BCUT2D eigenvalue weighted by Gasteiger charge is 2.20. The number of halogens is 5. The van der Waals surface area contributed by atoms with E-state index in [4.69, 9.17) is 58.0 Å². The van der Waals surface area contributed by atoms with Gasteiger partial charge in [-0.25, -0.2) is 0 Å². The molecule has 1 nitrogen and oxygen atoms in total. The molecule has 6 heteroatoms. The lowest BCUT2D eigenvalue weighted by atomic mass is 10.0. The Hall–Kier alpha value is -0.440. The summed E-state index contributed by atoms with van der Waals surface area (Å²) in [7, 11) is 0. The fourth-order valence-corrected chi connectivity index (χ4v) is 2.95. The fraction of sp³-hybridized carbons (Fsp3) is 0.0714. The molecule has 0 amide bonds. The summed E-state index contributed by atoms with van der Waals surface area (Å²) in [6.45, 7) is 0. The van der Waals surface area contributed by atoms with E-state index in [9.17, 15) is 4.79 Å². The molecule has 0 saturated carbocycles. The van der Waals surface area contributed by atoms with Crippen LogP contribution in [0.5, 0.6) is 0 Å². The van der Waals surface area contributed by atoms with Gasteiger partial charge in [-0.1, -0.05) is 70.1 Å². The zero-order chi connectivity index (χ0) is 14.9. The first-order valence-electron chi connectivity index (χ1n) is 5.50. The van der Waals surface area contributed by atoms with Crippen LogP contribution in [0.25, 0.3) is 0 Å². The summed E-state index contributed by atoms with van der Waals surface area (Å²) < 4.78 is 0. The van der Waals surface area contributed by atoms with E-state index in [1.807, 2.05) is 0 Å². The number of Topliss-reactive ketones (excluding diaryl/α,β-unsaturated/α-hetero) is 1. The molecule has 0 aliphatic heterocycles. The average Bonchev–Trinajstić information content (AvgIpc) is 2.39. The third kappa shape index (κ3) is 3.41. The van der Waals surface area contributed by atoms with Gasteiger partial charge in [-0.2, -0.15) is 0 Å². The van der Waals surface area contributed by atoms with Crippen molar-refractivity contribution in [1.29, 1.82) is 0 Å². The summed E-state index contributed by atoms with van der Waals surface area (Å²) in [5, 5.41) is 1.19. The van der Waals surface area contributed by atoms with Gasteiger partial charge in [0.2, 0.25) is 0 Å². The van der Waals surface area contributed by atoms with Crippen LogP contribution < -0.4 is 0 Å². The Morgan fingerprint density at radius 1 is 0.850 bits per heavy atom.